The fourth-order valence-electron chi connectivity index (χ4n) is 2.38. The lowest BCUT2D eigenvalue weighted by molar-refractivity contribution is 0.0706. The zero-order chi connectivity index (χ0) is 12.5. The maximum atomic E-state index is 12.4. The van der Waals surface area contributed by atoms with Crippen LogP contribution in [0.4, 0.5) is 0 Å². The van der Waals surface area contributed by atoms with Crippen LogP contribution in [0.1, 0.15) is 23.3 Å². The van der Waals surface area contributed by atoms with Gasteiger partial charge in [0.2, 0.25) is 0 Å². The molecule has 0 aliphatic carbocycles. The minimum atomic E-state index is 0. The Morgan fingerprint density at radius 3 is 2.74 bits per heavy atom. The van der Waals surface area contributed by atoms with Crippen LogP contribution in [0.2, 0.25) is 0 Å². The van der Waals surface area contributed by atoms with E-state index >= 15 is 0 Å². The average molecular weight is 281 g/mol. The van der Waals surface area contributed by atoms with Crippen LogP contribution in [-0.2, 0) is 0 Å². The van der Waals surface area contributed by atoms with Crippen molar-refractivity contribution in [2.75, 3.05) is 13.1 Å². The summed E-state index contributed by atoms with van der Waals surface area (Å²) in [5.74, 6) is 0.0381. The summed E-state index contributed by atoms with van der Waals surface area (Å²) < 4.78 is 1.69. The van der Waals surface area contributed by atoms with Crippen LogP contribution in [0.5, 0.6) is 0 Å². The van der Waals surface area contributed by atoms with E-state index in [1.165, 1.54) is 0 Å². The number of aromatic nitrogens is 2. The lowest BCUT2D eigenvalue weighted by Gasteiger charge is -2.30. The van der Waals surface area contributed by atoms with Gasteiger partial charge in [-0.2, -0.15) is 5.10 Å². The Kier molecular flexibility index (Phi) is 4.07. The number of likely N-dealkylation sites (tertiary alicyclic amines) is 1. The first-order valence-electron chi connectivity index (χ1n) is 6.23. The van der Waals surface area contributed by atoms with Crippen molar-refractivity contribution in [3.63, 3.8) is 0 Å². The lowest BCUT2D eigenvalue weighted by atomic mass is 10.1. The molecule has 1 saturated heterocycles. The summed E-state index contributed by atoms with van der Waals surface area (Å²) in [7, 11) is 0. The molecule has 0 bridgehead atoms. The predicted molar refractivity (Wildman–Crippen MR) is 75.6 cm³/mol. The first-order chi connectivity index (χ1) is 8.75. The van der Waals surface area contributed by atoms with Crippen molar-refractivity contribution >= 4 is 23.8 Å². The number of amides is 1. The van der Waals surface area contributed by atoms with Gasteiger partial charge in [-0.05, 0) is 31.0 Å². The van der Waals surface area contributed by atoms with Crippen molar-refractivity contribution in [1.82, 2.24) is 14.5 Å². The number of halogens is 1. The van der Waals surface area contributed by atoms with E-state index in [2.05, 4.69) is 5.10 Å². The van der Waals surface area contributed by atoms with Gasteiger partial charge in [0.1, 0.15) is 5.69 Å². The fraction of sp³-hybridized carbons (Fsp3) is 0.385. The Morgan fingerprint density at radius 2 is 2.00 bits per heavy atom. The average Bonchev–Trinajstić information content (AvgIpc) is 2.87. The summed E-state index contributed by atoms with van der Waals surface area (Å²) in [6, 6.07) is 7.77. The number of fused-ring (bicyclic) bond motifs is 1. The SMILES string of the molecule is Cl.NC1CCN(C(=O)c2cccc3ccnn23)CC1. The molecule has 0 spiro atoms. The highest BCUT2D eigenvalue weighted by Gasteiger charge is 2.23. The molecule has 0 unspecified atom stereocenters. The van der Waals surface area contributed by atoms with Crippen LogP contribution in [0.3, 0.4) is 0 Å². The van der Waals surface area contributed by atoms with Crippen molar-refractivity contribution in [2.24, 2.45) is 5.73 Å². The van der Waals surface area contributed by atoms with Gasteiger partial charge in [0.25, 0.3) is 5.91 Å². The van der Waals surface area contributed by atoms with Crippen molar-refractivity contribution in [2.45, 2.75) is 18.9 Å². The Labute approximate surface area is 117 Å². The van der Waals surface area contributed by atoms with Crippen molar-refractivity contribution in [1.29, 1.82) is 0 Å². The van der Waals surface area contributed by atoms with E-state index in [9.17, 15) is 4.79 Å². The molecule has 0 atom stereocenters. The van der Waals surface area contributed by atoms with Gasteiger partial charge in [-0.1, -0.05) is 6.07 Å². The highest BCUT2D eigenvalue weighted by atomic mass is 35.5. The van der Waals surface area contributed by atoms with E-state index in [4.69, 9.17) is 5.73 Å². The molecule has 1 aliphatic rings. The molecule has 1 amide bonds. The molecule has 3 heterocycles. The van der Waals surface area contributed by atoms with E-state index in [1.54, 1.807) is 10.7 Å². The van der Waals surface area contributed by atoms with Gasteiger partial charge in [0.15, 0.2) is 0 Å². The highest BCUT2D eigenvalue weighted by Crippen LogP contribution is 2.14. The molecule has 0 saturated carbocycles. The summed E-state index contributed by atoms with van der Waals surface area (Å²) in [4.78, 5) is 14.3. The van der Waals surface area contributed by atoms with Crippen LogP contribution in [0.15, 0.2) is 30.5 Å². The normalized spacial score (nSPS) is 16.4. The van der Waals surface area contributed by atoms with Crippen molar-refractivity contribution < 1.29 is 4.79 Å². The molecule has 5 nitrogen and oxygen atoms in total. The molecule has 1 aliphatic heterocycles. The number of carbonyl (C=O) groups is 1. The Morgan fingerprint density at radius 1 is 1.26 bits per heavy atom. The maximum absolute atomic E-state index is 12.4. The summed E-state index contributed by atoms with van der Waals surface area (Å²) in [6.45, 7) is 1.47. The minimum absolute atomic E-state index is 0. The predicted octanol–water partition coefficient (Wildman–Crippen LogP) is 1.32. The first-order valence-corrected chi connectivity index (χ1v) is 6.23. The van der Waals surface area contributed by atoms with Crippen LogP contribution in [-0.4, -0.2) is 39.6 Å². The number of nitrogens with zero attached hydrogens (tertiary/aromatic N) is 3. The van der Waals surface area contributed by atoms with Crippen LogP contribution in [0, 0.1) is 0 Å². The van der Waals surface area contributed by atoms with Gasteiger partial charge >= 0.3 is 0 Å². The summed E-state index contributed by atoms with van der Waals surface area (Å²) in [6.07, 6.45) is 3.46. The largest absolute Gasteiger partial charge is 0.337 e. The highest BCUT2D eigenvalue weighted by molar-refractivity contribution is 5.93. The standard InChI is InChI=1S/C13H16N4O.ClH/c14-10-5-8-16(9-6-10)13(18)12-3-1-2-11-4-7-15-17(11)12;/h1-4,7,10H,5-6,8-9,14H2;1H. The van der Waals surface area contributed by atoms with Gasteiger partial charge in [-0.25, -0.2) is 4.52 Å². The number of hydrogen-bond donors (Lipinski definition) is 1. The quantitative estimate of drug-likeness (QED) is 0.857. The van der Waals surface area contributed by atoms with Crippen LogP contribution in [0.25, 0.3) is 5.52 Å². The van der Waals surface area contributed by atoms with E-state index < -0.39 is 0 Å². The van der Waals surface area contributed by atoms with Gasteiger partial charge in [0.05, 0.1) is 11.7 Å². The molecule has 2 aromatic heterocycles. The topological polar surface area (TPSA) is 63.6 Å². The first kappa shape index (κ1) is 13.8. The molecule has 102 valence electrons. The molecule has 6 heteroatoms. The van der Waals surface area contributed by atoms with Crippen molar-refractivity contribution in [3.05, 3.63) is 36.2 Å². The number of pyridine rings is 1. The third-order valence-corrected chi connectivity index (χ3v) is 3.47. The van der Waals surface area contributed by atoms with Gasteiger partial charge in [0, 0.05) is 19.1 Å². The third kappa shape index (κ3) is 2.57. The third-order valence-electron chi connectivity index (χ3n) is 3.47. The van der Waals surface area contributed by atoms with Crippen LogP contribution < -0.4 is 5.73 Å². The van der Waals surface area contributed by atoms with E-state index in [0.717, 1.165) is 31.4 Å². The molecular weight excluding hydrogens is 264 g/mol. The zero-order valence-electron chi connectivity index (χ0n) is 10.5. The number of piperidine rings is 1. The summed E-state index contributed by atoms with van der Waals surface area (Å²) in [5.41, 5.74) is 7.41. The van der Waals surface area contributed by atoms with Crippen molar-refractivity contribution in [3.8, 4) is 0 Å². The molecule has 1 fully saturated rings. The van der Waals surface area contributed by atoms with E-state index in [0.29, 0.717) is 5.69 Å². The van der Waals surface area contributed by atoms with Crippen LogP contribution >= 0.6 is 12.4 Å². The van der Waals surface area contributed by atoms with E-state index in [-0.39, 0.29) is 24.4 Å². The number of hydrogen-bond acceptors (Lipinski definition) is 3. The fourth-order valence-corrected chi connectivity index (χ4v) is 2.38. The molecule has 19 heavy (non-hydrogen) atoms. The monoisotopic (exact) mass is 280 g/mol. The molecule has 3 rings (SSSR count). The second-order valence-corrected chi connectivity index (χ2v) is 4.71. The Balaban J connectivity index is 0.00000133. The Hall–Kier alpha value is -1.59. The summed E-state index contributed by atoms with van der Waals surface area (Å²) >= 11 is 0. The second kappa shape index (κ2) is 5.59. The molecule has 0 aromatic carbocycles. The summed E-state index contributed by atoms with van der Waals surface area (Å²) in [5, 5.41) is 4.19. The Bertz CT molecular complexity index is 575. The number of rotatable bonds is 1. The number of carbonyl (C=O) groups excluding carboxylic acids is 1. The van der Waals surface area contributed by atoms with E-state index in [1.807, 2.05) is 29.2 Å². The minimum Gasteiger partial charge on any atom is -0.337 e. The lowest BCUT2D eigenvalue weighted by Crippen LogP contribution is -2.43. The van der Waals surface area contributed by atoms with Gasteiger partial charge in [-0.15, -0.1) is 12.4 Å². The van der Waals surface area contributed by atoms with Gasteiger partial charge < -0.3 is 10.6 Å². The smallest absolute Gasteiger partial charge is 0.272 e. The van der Waals surface area contributed by atoms with Gasteiger partial charge in [-0.3, -0.25) is 4.79 Å². The second-order valence-electron chi connectivity index (χ2n) is 4.71. The molecular formula is C13H17ClN4O. The molecule has 2 aromatic rings. The maximum Gasteiger partial charge on any atom is 0.272 e. The molecule has 2 N–H and O–H groups in total. The zero-order valence-corrected chi connectivity index (χ0v) is 11.3. The number of nitrogens with two attached hydrogens (primary N) is 1. The molecule has 0 radical (unpaired) electrons.